The molecule has 0 bridgehead atoms. The van der Waals surface area contributed by atoms with Crippen molar-refractivity contribution < 1.29 is 9.59 Å². The van der Waals surface area contributed by atoms with Crippen molar-refractivity contribution in [2.24, 2.45) is 7.05 Å². The van der Waals surface area contributed by atoms with Gasteiger partial charge in [-0.05, 0) is 18.9 Å². The van der Waals surface area contributed by atoms with Gasteiger partial charge in [-0.25, -0.2) is 9.50 Å². The van der Waals surface area contributed by atoms with Crippen LogP contribution in [0.4, 0.5) is 0 Å². The molecule has 3 aromatic rings. The van der Waals surface area contributed by atoms with Gasteiger partial charge < -0.3 is 9.80 Å². The summed E-state index contributed by atoms with van der Waals surface area (Å²) in [5.74, 6) is -0.00852. The topological polar surface area (TPSA) is 88.6 Å². The third-order valence-corrected chi connectivity index (χ3v) is 5.15. The van der Waals surface area contributed by atoms with Crippen molar-refractivity contribution in [3.63, 3.8) is 0 Å². The lowest BCUT2D eigenvalue weighted by atomic mass is 9.94. The molecule has 28 heavy (non-hydrogen) atoms. The highest BCUT2D eigenvalue weighted by Crippen LogP contribution is 2.28. The number of nitrogens with zero attached hydrogens (tertiary/aromatic N) is 7. The number of hydrogen-bond donors (Lipinski definition) is 0. The molecule has 9 heteroatoms. The van der Waals surface area contributed by atoms with E-state index in [0.717, 1.165) is 25.1 Å². The molecule has 0 saturated carbocycles. The Morgan fingerprint density at radius 1 is 1.21 bits per heavy atom. The largest absolute Gasteiger partial charge is 0.345 e. The molecule has 3 aromatic heterocycles. The number of carbonyl (C=O) groups is 2. The summed E-state index contributed by atoms with van der Waals surface area (Å²) in [4.78, 5) is 32.9. The molecular weight excluding hydrogens is 358 g/mol. The highest BCUT2D eigenvalue weighted by Gasteiger charge is 2.28. The molecule has 1 aliphatic heterocycles. The number of amides is 2. The molecule has 0 spiro atoms. The lowest BCUT2D eigenvalue weighted by Gasteiger charge is -2.32. The zero-order valence-electron chi connectivity index (χ0n) is 16.2. The molecule has 1 fully saturated rings. The quantitative estimate of drug-likeness (QED) is 0.680. The lowest BCUT2D eigenvalue weighted by molar-refractivity contribution is 0.0704. The first-order valence-electron chi connectivity index (χ1n) is 9.28. The number of rotatable bonds is 3. The summed E-state index contributed by atoms with van der Waals surface area (Å²) in [6.45, 7) is 1.32. The van der Waals surface area contributed by atoms with E-state index in [0.29, 0.717) is 23.3 Å². The summed E-state index contributed by atoms with van der Waals surface area (Å²) in [6, 6.07) is 1.92. The number of fused-ring (bicyclic) bond motifs is 1. The summed E-state index contributed by atoms with van der Waals surface area (Å²) in [6.07, 6.45) is 8.47. The van der Waals surface area contributed by atoms with Gasteiger partial charge in [0.2, 0.25) is 0 Å². The Bertz CT molecular complexity index is 1040. The molecule has 1 atom stereocenters. The average molecular weight is 381 g/mol. The first-order valence-corrected chi connectivity index (χ1v) is 9.28. The van der Waals surface area contributed by atoms with Crippen molar-refractivity contribution in [2.45, 2.75) is 18.8 Å². The van der Waals surface area contributed by atoms with E-state index < -0.39 is 0 Å². The monoisotopic (exact) mass is 381 g/mol. The summed E-state index contributed by atoms with van der Waals surface area (Å²) in [5, 5.41) is 8.51. The standard InChI is InChI=1S/C19H23N7O2/c1-23(2)19(28)15-10-22-26-16(6-7-20-17(15)26)13-5-4-8-25(12-13)18(27)14-9-21-24(3)11-14/h6-7,9-11,13H,4-5,8,12H2,1-3H3. The molecule has 1 unspecified atom stereocenters. The van der Waals surface area contributed by atoms with Crippen molar-refractivity contribution in [2.75, 3.05) is 27.2 Å². The van der Waals surface area contributed by atoms with Crippen LogP contribution >= 0.6 is 0 Å². The van der Waals surface area contributed by atoms with E-state index >= 15 is 0 Å². The number of likely N-dealkylation sites (tertiary alicyclic amines) is 1. The van der Waals surface area contributed by atoms with Crippen LogP contribution in [0.3, 0.4) is 0 Å². The minimum atomic E-state index is -0.128. The molecule has 146 valence electrons. The van der Waals surface area contributed by atoms with Crippen molar-refractivity contribution in [1.82, 2.24) is 34.2 Å². The van der Waals surface area contributed by atoms with Crippen molar-refractivity contribution in [3.05, 3.63) is 47.7 Å². The number of carbonyl (C=O) groups excluding carboxylic acids is 2. The summed E-state index contributed by atoms with van der Waals surface area (Å²) >= 11 is 0. The fourth-order valence-electron chi connectivity index (χ4n) is 3.73. The van der Waals surface area contributed by atoms with E-state index in [1.54, 1.807) is 55.1 Å². The van der Waals surface area contributed by atoms with Gasteiger partial charge >= 0.3 is 0 Å². The third-order valence-electron chi connectivity index (χ3n) is 5.15. The zero-order chi connectivity index (χ0) is 19.8. The Balaban J connectivity index is 1.63. The maximum atomic E-state index is 12.8. The lowest BCUT2D eigenvalue weighted by Crippen LogP contribution is -2.39. The van der Waals surface area contributed by atoms with Crippen LogP contribution in [0.15, 0.2) is 30.9 Å². The molecule has 9 nitrogen and oxygen atoms in total. The predicted octanol–water partition coefficient (Wildman–Crippen LogP) is 1.18. The molecule has 0 N–H and O–H groups in total. The van der Waals surface area contributed by atoms with Gasteiger partial charge in [-0.3, -0.25) is 14.3 Å². The van der Waals surface area contributed by atoms with Crippen molar-refractivity contribution >= 4 is 17.5 Å². The van der Waals surface area contributed by atoms with Crippen LogP contribution in [0.1, 0.15) is 45.2 Å². The van der Waals surface area contributed by atoms with E-state index in [1.165, 1.54) is 4.90 Å². The molecule has 0 aliphatic carbocycles. The first-order chi connectivity index (χ1) is 13.5. The SMILES string of the molecule is CN(C)C(=O)c1cnn2c(C3CCCN(C(=O)c4cnn(C)c4)C3)ccnc12. The fraction of sp³-hybridized carbons (Fsp3) is 0.421. The maximum absolute atomic E-state index is 12.8. The van der Waals surface area contributed by atoms with Gasteiger partial charge in [0, 0.05) is 52.5 Å². The Kier molecular flexibility index (Phi) is 4.58. The highest BCUT2D eigenvalue weighted by molar-refractivity contribution is 5.99. The van der Waals surface area contributed by atoms with E-state index in [4.69, 9.17) is 0 Å². The second kappa shape index (κ2) is 7.06. The normalized spacial score (nSPS) is 17.1. The van der Waals surface area contributed by atoms with Crippen LogP contribution in [-0.4, -0.2) is 73.2 Å². The van der Waals surface area contributed by atoms with Gasteiger partial charge in [-0.2, -0.15) is 10.2 Å². The number of aryl methyl sites for hydroxylation is 1. The number of piperidine rings is 1. The molecule has 4 heterocycles. The maximum Gasteiger partial charge on any atom is 0.258 e. The smallest absolute Gasteiger partial charge is 0.258 e. The van der Waals surface area contributed by atoms with Gasteiger partial charge in [-0.1, -0.05) is 0 Å². The van der Waals surface area contributed by atoms with E-state index in [-0.39, 0.29) is 17.7 Å². The summed E-state index contributed by atoms with van der Waals surface area (Å²) in [5.41, 5.74) is 2.59. The van der Waals surface area contributed by atoms with Crippen LogP contribution < -0.4 is 0 Å². The highest BCUT2D eigenvalue weighted by atomic mass is 16.2. The molecule has 2 amide bonds. The van der Waals surface area contributed by atoms with Gasteiger partial charge in [0.15, 0.2) is 5.65 Å². The average Bonchev–Trinajstić information content (AvgIpc) is 3.33. The third kappa shape index (κ3) is 3.12. The van der Waals surface area contributed by atoms with Gasteiger partial charge in [0.1, 0.15) is 5.56 Å². The molecule has 1 saturated heterocycles. The van der Waals surface area contributed by atoms with Gasteiger partial charge in [0.05, 0.1) is 23.7 Å². The Morgan fingerprint density at radius 2 is 2.04 bits per heavy atom. The Hall–Kier alpha value is -3.23. The van der Waals surface area contributed by atoms with Crippen LogP contribution in [-0.2, 0) is 7.05 Å². The minimum absolute atomic E-state index is 0.00737. The minimum Gasteiger partial charge on any atom is -0.345 e. The van der Waals surface area contributed by atoms with Crippen LogP contribution in [0, 0.1) is 0 Å². The predicted molar refractivity (Wildman–Crippen MR) is 102 cm³/mol. The molecule has 4 rings (SSSR count). The van der Waals surface area contributed by atoms with E-state index in [1.807, 2.05) is 11.0 Å². The van der Waals surface area contributed by atoms with Crippen LogP contribution in [0.5, 0.6) is 0 Å². The van der Waals surface area contributed by atoms with Crippen LogP contribution in [0.2, 0.25) is 0 Å². The van der Waals surface area contributed by atoms with Crippen molar-refractivity contribution in [1.29, 1.82) is 0 Å². The van der Waals surface area contributed by atoms with E-state index in [2.05, 4.69) is 15.2 Å². The molecule has 0 radical (unpaired) electrons. The molecule has 0 aromatic carbocycles. The number of hydrogen-bond acceptors (Lipinski definition) is 5. The number of aromatic nitrogens is 5. The molecule has 1 aliphatic rings. The summed E-state index contributed by atoms with van der Waals surface area (Å²) in [7, 11) is 5.21. The Morgan fingerprint density at radius 3 is 2.75 bits per heavy atom. The second-order valence-corrected chi connectivity index (χ2v) is 7.36. The van der Waals surface area contributed by atoms with Gasteiger partial charge in [-0.15, -0.1) is 0 Å². The van der Waals surface area contributed by atoms with Gasteiger partial charge in [0.25, 0.3) is 11.8 Å². The second-order valence-electron chi connectivity index (χ2n) is 7.36. The van der Waals surface area contributed by atoms with Crippen LogP contribution in [0.25, 0.3) is 5.65 Å². The fourth-order valence-corrected chi connectivity index (χ4v) is 3.73. The molecular formula is C19H23N7O2. The van der Waals surface area contributed by atoms with Crippen molar-refractivity contribution in [3.8, 4) is 0 Å². The summed E-state index contributed by atoms with van der Waals surface area (Å²) < 4.78 is 3.37. The first kappa shape index (κ1) is 18.1. The Labute approximate surface area is 162 Å². The zero-order valence-corrected chi connectivity index (χ0v) is 16.2. The van der Waals surface area contributed by atoms with E-state index in [9.17, 15) is 9.59 Å².